The number of ether oxygens (including phenoxy) is 1. The van der Waals surface area contributed by atoms with E-state index in [2.05, 4.69) is 10.2 Å². The molecule has 1 aliphatic heterocycles. The number of fused-ring (bicyclic) bond motifs is 1. The Morgan fingerprint density at radius 1 is 1.00 bits per heavy atom. The molecule has 0 amide bonds. The SMILES string of the molecule is CC(C)OC(=O)C(=O)O[PH]1(OC(=O)CCC(=O)O)NC2CCCCC2N1. The van der Waals surface area contributed by atoms with Crippen molar-refractivity contribution < 1.29 is 38.1 Å². The summed E-state index contributed by atoms with van der Waals surface area (Å²) in [5.41, 5.74) is 0. The van der Waals surface area contributed by atoms with E-state index >= 15 is 0 Å². The van der Waals surface area contributed by atoms with Gasteiger partial charge in [0.05, 0.1) is 0 Å². The second-order valence-electron chi connectivity index (χ2n) is 6.61. The van der Waals surface area contributed by atoms with Crippen LogP contribution in [0.4, 0.5) is 0 Å². The summed E-state index contributed by atoms with van der Waals surface area (Å²) >= 11 is 0. The van der Waals surface area contributed by atoms with Crippen LogP contribution >= 0.6 is 8.02 Å². The fraction of sp³-hybridized carbons (Fsp3) is 0.733. The molecular formula is C15H25N2O8P. The Morgan fingerprint density at radius 3 is 2.08 bits per heavy atom. The van der Waals surface area contributed by atoms with Crippen molar-refractivity contribution in [3.63, 3.8) is 0 Å². The third-order valence-electron chi connectivity index (χ3n) is 4.06. The van der Waals surface area contributed by atoms with Gasteiger partial charge in [0.1, 0.15) is 0 Å². The molecule has 0 radical (unpaired) electrons. The molecule has 2 rings (SSSR count). The van der Waals surface area contributed by atoms with Gasteiger partial charge in [-0.15, -0.1) is 0 Å². The zero-order valence-electron chi connectivity index (χ0n) is 14.8. The van der Waals surface area contributed by atoms with Crippen molar-refractivity contribution in [3.05, 3.63) is 0 Å². The Bertz CT molecular complexity index is 568. The topological polar surface area (TPSA) is 140 Å². The van der Waals surface area contributed by atoms with Crippen molar-refractivity contribution in [2.24, 2.45) is 0 Å². The summed E-state index contributed by atoms with van der Waals surface area (Å²) in [5, 5.41) is 14.8. The van der Waals surface area contributed by atoms with E-state index in [1.165, 1.54) is 0 Å². The number of hydrogen-bond acceptors (Lipinski definition) is 9. The van der Waals surface area contributed by atoms with Crippen LogP contribution in [0.3, 0.4) is 0 Å². The van der Waals surface area contributed by atoms with E-state index in [-0.39, 0.29) is 18.5 Å². The standard InChI is InChI=1S/C15H25N2O8P/c1-9(2)23-14(21)15(22)25-26(24-13(20)8-7-12(18)19)16-10-5-3-4-6-11(10)17-26/h9-11,16-17,26H,3-8H2,1-2H3,(H,18,19). The summed E-state index contributed by atoms with van der Waals surface area (Å²) in [7, 11) is -3.77. The average Bonchev–Trinajstić information content (AvgIpc) is 2.89. The predicted octanol–water partition coefficient (Wildman–Crippen LogP) is 0.803. The van der Waals surface area contributed by atoms with E-state index in [1.807, 2.05) is 0 Å². The summed E-state index contributed by atoms with van der Waals surface area (Å²) < 4.78 is 15.4. The molecule has 2 fully saturated rings. The summed E-state index contributed by atoms with van der Waals surface area (Å²) in [6.45, 7) is 3.18. The van der Waals surface area contributed by atoms with Gasteiger partial charge >= 0.3 is 151 Å². The number of carboxylic acid groups (broad SMARTS) is 1. The van der Waals surface area contributed by atoms with Gasteiger partial charge in [-0.25, -0.2) is 0 Å². The van der Waals surface area contributed by atoms with E-state index in [4.69, 9.17) is 18.9 Å². The first-order valence-corrected chi connectivity index (χ1v) is 10.5. The zero-order chi connectivity index (χ0) is 19.3. The predicted molar refractivity (Wildman–Crippen MR) is 90.9 cm³/mol. The van der Waals surface area contributed by atoms with E-state index in [9.17, 15) is 19.2 Å². The second-order valence-corrected chi connectivity index (χ2v) is 8.83. The zero-order valence-corrected chi connectivity index (χ0v) is 15.8. The molecule has 0 aromatic carbocycles. The van der Waals surface area contributed by atoms with Gasteiger partial charge in [-0.2, -0.15) is 0 Å². The number of rotatable bonds is 6. The second kappa shape index (κ2) is 8.75. The normalized spacial score (nSPS) is 25.0. The van der Waals surface area contributed by atoms with Crippen molar-refractivity contribution in [1.82, 2.24) is 10.2 Å². The van der Waals surface area contributed by atoms with Gasteiger partial charge in [-0.05, 0) is 0 Å². The number of nitrogens with one attached hydrogen (secondary N) is 2. The van der Waals surface area contributed by atoms with Gasteiger partial charge in [0.2, 0.25) is 0 Å². The molecule has 2 aliphatic rings. The van der Waals surface area contributed by atoms with Gasteiger partial charge in [-0.3, -0.25) is 0 Å². The molecule has 1 saturated carbocycles. The Hall–Kier alpha value is -1.77. The van der Waals surface area contributed by atoms with Crippen LogP contribution in [0, 0.1) is 0 Å². The van der Waals surface area contributed by atoms with Crippen LogP contribution in [0.1, 0.15) is 52.4 Å². The van der Waals surface area contributed by atoms with Gasteiger partial charge in [0, 0.05) is 0 Å². The molecule has 10 nitrogen and oxygen atoms in total. The van der Waals surface area contributed by atoms with Crippen LogP contribution in [-0.2, 0) is 33.0 Å². The maximum absolute atomic E-state index is 12.1. The van der Waals surface area contributed by atoms with Gasteiger partial charge in [0.25, 0.3) is 0 Å². The third kappa shape index (κ3) is 5.62. The number of hydrogen-bond donors (Lipinski definition) is 3. The number of carbonyl (C=O) groups is 4. The molecule has 3 N–H and O–H groups in total. The minimum atomic E-state index is -3.77. The first kappa shape index (κ1) is 20.5. The summed E-state index contributed by atoms with van der Waals surface area (Å²) in [6.07, 6.45) is 2.32. The maximum atomic E-state index is 12.1. The van der Waals surface area contributed by atoms with Crippen molar-refractivity contribution >= 4 is 31.9 Å². The van der Waals surface area contributed by atoms with Crippen molar-refractivity contribution in [2.45, 2.75) is 70.6 Å². The fourth-order valence-corrected chi connectivity index (χ4v) is 5.79. The summed E-state index contributed by atoms with van der Waals surface area (Å²) in [4.78, 5) is 46.4. The summed E-state index contributed by atoms with van der Waals surface area (Å²) in [5.74, 6) is -4.39. The van der Waals surface area contributed by atoms with Crippen molar-refractivity contribution in [3.8, 4) is 0 Å². The van der Waals surface area contributed by atoms with E-state index < -0.39 is 44.4 Å². The van der Waals surface area contributed by atoms with Crippen LogP contribution in [-0.4, -0.2) is 47.2 Å². The first-order valence-electron chi connectivity index (χ1n) is 8.64. The van der Waals surface area contributed by atoms with E-state index in [0.717, 1.165) is 25.7 Å². The molecular weight excluding hydrogens is 367 g/mol. The molecule has 0 aromatic heterocycles. The monoisotopic (exact) mass is 392 g/mol. The molecule has 1 aliphatic carbocycles. The number of esters is 1. The van der Waals surface area contributed by atoms with Crippen LogP contribution in [0.2, 0.25) is 0 Å². The average molecular weight is 392 g/mol. The van der Waals surface area contributed by atoms with Gasteiger partial charge in [-0.1, -0.05) is 0 Å². The van der Waals surface area contributed by atoms with E-state index in [1.54, 1.807) is 13.8 Å². The quantitative estimate of drug-likeness (QED) is 0.338. The number of carboxylic acids is 1. The molecule has 2 atom stereocenters. The van der Waals surface area contributed by atoms with Crippen LogP contribution < -0.4 is 10.2 Å². The van der Waals surface area contributed by atoms with Crippen LogP contribution in [0.5, 0.6) is 0 Å². The van der Waals surface area contributed by atoms with Gasteiger partial charge < -0.3 is 0 Å². The number of carbonyl (C=O) groups excluding carboxylic acids is 3. The third-order valence-corrected chi connectivity index (χ3v) is 6.55. The van der Waals surface area contributed by atoms with Crippen molar-refractivity contribution in [2.75, 3.05) is 0 Å². The molecule has 26 heavy (non-hydrogen) atoms. The minimum absolute atomic E-state index is 0.0448. The van der Waals surface area contributed by atoms with Crippen LogP contribution in [0.25, 0.3) is 0 Å². The van der Waals surface area contributed by atoms with E-state index in [0.29, 0.717) is 0 Å². The van der Waals surface area contributed by atoms with Crippen molar-refractivity contribution in [1.29, 1.82) is 0 Å². The molecule has 11 heteroatoms. The molecule has 2 unspecified atom stereocenters. The molecule has 0 bridgehead atoms. The van der Waals surface area contributed by atoms with Crippen LogP contribution in [0.15, 0.2) is 0 Å². The number of aliphatic carboxylic acids is 1. The van der Waals surface area contributed by atoms with Gasteiger partial charge in [0.15, 0.2) is 0 Å². The summed E-state index contributed by atoms with van der Waals surface area (Å²) in [6, 6.07) is -0.0896. The Kier molecular flexibility index (Phi) is 6.91. The molecule has 148 valence electrons. The molecule has 1 heterocycles. The Balaban J connectivity index is 2.09. The first-order chi connectivity index (χ1) is 12.2. The Morgan fingerprint density at radius 2 is 1.58 bits per heavy atom. The molecule has 0 aromatic rings. The molecule has 1 saturated heterocycles. The Labute approximate surface area is 151 Å². The molecule has 0 spiro atoms. The fourth-order valence-electron chi connectivity index (χ4n) is 3.00.